The lowest BCUT2D eigenvalue weighted by atomic mass is 9.89. The molecule has 1 saturated heterocycles. The van der Waals surface area contributed by atoms with Crippen molar-refractivity contribution in [1.82, 2.24) is 10.3 Å². The Morgan fingerprint density at radius 1 is 0.857 bits per heavy atom. The summed E-state index contributed by atoms with van der Waals surface area (Å²) in [7, 11) is 0. The van der Waals surface area contributed by atoms with Gasteiger partial charge in [-0.1, -0.05) is 61.9 Å². The Labute approximate surface area is 249 Å². The predicted molar refractivity (Wildman–Crippen MR) is 170 cm³/mol. The number of unbranched alkanes of at least 4 members (excludes halogenated alkanes) is 1. The van der Waals surface area contributed by atoms with Gasteiger partial charge in [-0.3, -0.25) is 14.6 Å². The van der Waals surface area contributed by atoms with Crippen LogP contribution >= 0.6 is 0 Å². The zero-order valence-electron chi connectivity index (χ0n) is 24.4. The summed E-state index contributed by atoms with van der Waals surface area (Å²) in [5, 5.41) is 6.06. The number of anilines is 2. The molecule has 1 aliphatic rings. The molecule has 1 aliphatic heterocycles. The number of aromatic nitrogens is 1. The normalized spacial score (nSPS) is 13.5. The van der Waals surface area contributed by atoms with E-state index in [1.165, 1.54) is 11.1 Å². The van der Waals surface area contributed by atoms with Crippen molar-refractivity contribution in [1.29, 1.82) is 0 Å². The third kappa shape index (κ3) is 7.84. The van der Waals surface area contributed by atoms with Crippen LogP contribution in [0.4, 0.5) is 11.4 Å². The summed E-state index contributed by atoms with van der Waals surface area (Å²) in [6.45, 7) is 4.33. The maximum Gasteiger partial charge on any atom is 0.255 e. The lowest BCUT2D eigenvalue weighted by Crippen LogP contribution is -2.36. The molecular weight excluding hydrogens is 520 g/mol. The van der Waals surface area contributed by atoms with Crippen LogP contribution in [0.2, 0.25) is 0 Å². The van der Waals surface area contributed by atoms with Gasteiger partial charge in [0.15, 0.2) is 0 Å². The average molecular weight is 561 g/mol. The van der Waals surface area contributed by atoms with E-state index in [2.05, 4.69) is 57.8 Å². The van der Waals surface area contributed by atoms with E-state index in [0.29, 0.717) is 29.3 Å². The number of amides is 2. The van der Waals surface area contributed by atoms with E-state index < -0.39 is 0 Å². The van der Waals surface area contributed by atoms with Crippen LogP contribution in [-0.2, 0) is 19.4 Å². The highest BCUT2D eigenvalue weighted by atomic mass is 16.2. The topological polar surface area (TPSA) is 74.3 Å². The third-order valence-corrected chi connectivity index (χ3v) is 8.03. The minimum Gasteiger partial charge on any atom is -0.371 e. The molecule has 42 heavy (non-hydrogen) atoms. The van der Waals surface area contributed by atoms with Gasteiger partial charge < -0.3 is 15.5 Å². The number of rotatable bonds is 11. The van der Waals surface area contributed by atoms with Crippen LogP contribution in [-0.4, -0.2) is 29.9 Å². The fourth-order valence-corrected chi connectivity index (χ4v) is 5.58. The highest BCUT2D eigenvalue weighted by Crippen LogP contribution is 2.30. The molecule has 0 aliphatic carbocycles. The van der Waals surface area contributed by atoms with E-state index >= 15 is 0 Å². The van der Waals surface area contributed by atoms with Gasteiger partial charge in [-0.25, -0.2) is 0 Å². The summed E-state index contributed by atoms with van der Waals surface area (Å²) in [6.07, 6.45) is 9.98. The third-order valence-electron chi connectivity index (χ3n) is 8.03. The van der Waals surface area contributed by atoms with Gasteiger partial charge in [0.1, 0.15) is 0 Å². The summed E-state index contributed by atoms with van der Waals surface area (Å²) in [5.41, 5.74) is 6.20. The number of carbonyl (C=O) groups is 2. The smallest absolute Gasteiger partial charge is 0.255 e. The van der Waals surface area contributed by atoms with Crippen molar-refractivity contribution in [3.63, 3.8) is 0 Å². The van der Waals surface area contributed by atoms with Crippen molar-refractivity contribution in [2.75, 3.05) is 23.3 Å². The number of hydrogen-bond acceptors (Lipinski definition) is 4. The highest BCUT2D eigenvalue weighted by Gasteiger charge is 2.24. The molecule has 0 radical (unpaired) electrons. The summed E-state index contributed by atoms with van der Waals surface area (Å²) < 4.78 is 0. The molecule has 6 heteroatoms. The Morgan fingerprint density at radius 3 is 2.33 bits per heavy atom. The number of nitrogens with zero attached hydrogens (tertiary/aromatic N) is 2. The van der Waals surface area contributed by atoms with Gasteiger partial charge in [0.05, 0.1) is 5.56 Å². The van der Waals surface area contributed by atoms with Crippen LogP contribution < -0.4 is 15.5 Å². The number of hydrogen-bond donors (Lipinski definition) is 2. The number of aryl methyl sites for hydroxylation is 1. The summed E-state index contributed by atoms with van der Waals surface area (Å²) in [5.74, 6) is 0.267. The fourth-order valence-electron chi connectivity index (χ4n) is 5.58. The van der Waals surface area contributed by atoms with Crippen molar-refractivity contribution in [3.8, 4) is 0 Å². The summed E-state index contributed by atoms with van der Waals surface area (Å²) >= 11 is 0. The Morgan fingerprint density at radius 2 is 1.62 bits per heavy atom. The van der Waals surface area contributed by atoms with E-state index in [-0.39, 0.29) is 11.8 Å². The molecule has 5 rings (SSSR count). The largest absolute Gasteiger partial charge is 0.371 e. The predicted octanol–water partition coefficient (Wildman–Crippen LogP) is 7.07. The SMILES string of the molecule is CCCCc1ccc(C(=O)Nc2ccc(N3CCC(Cc4ccccc4)CC3)c(C(=O)NCc3cccnc3)c2)cc1. The lowest BCUT2D eigenvalue weighted by molar-refractivity contribution is 0.0950. The van der Waals surface area contributed by atoms with Crippen molar-refractivity contribution < 1.29 is 9.59 Å². The Balaban J connectivity index is 1.30. The first-order chi connectivity index (χ1) is 20.6. The van der Waals surface area contributed by atoms with Gasteiger partial charge >= 0.3 is 0 Å². The van der Waals surface area contributed by atoms with Crippen LogP contribution in [0.5, 0.6) is 0 Å². The van der Waals surface area contributed by atoms with Gasteiger partial charge in [0.25, 0.3) is 11.8 Å². The van der Waals surface area contributed by atoms with Crippen LogP contribution in [0, 0.1) is 5.92 Å². The second kappa shape index (κ2) is 14.4. The molecule has 0 spiro atoms. The maximum absolute atomic E-state index is 13.5. The van der Waals surface area contributed by atoms with Crippen LogP contribution in [0.25, 0.3) is 0 Å². The number of pyridine rings is 1. The van der Waals surface area contributed by atoms with Crippen molar-refractivity contribution in [2.24, 2.45) is 5.92 Å². The van der Waals surface area contributed by atoms with Gasteiger partial charge in [0, 0.05) is 49.0 Å². The Kier molecular flexibility index (Phi) is 9.99. The molecular formula is C36H40N4O2. The molecule has 216 valence electrons. The number of carbonyl (C=O) groups excluding carboxylic acids is 2. The van der Waals surface area contributed by atoms with Crippen LogP contribution in [0.3, 0.4) is 0 Å². The molecule has 1 aromatic heterocycles. The molecule has 4 aromatic rings. The van der Waals surface area contributed by atoms with Crippen molar-refractivity contribution >= 4 is 23.2 Å². The molecule has 0 atom stereocenters. The van der Waals surface area contributed by atoms with Crippen molar-refractivity contribution in [2.45, 2.75) is 52.0 Å². The second-order valence-electron chi connectivity index (χ2n) is 11.2. The Hall–Kier alpha value is -4.45. The van der Waals surface area contributed by atoms with Gasteiger partial charge in [-0.05, 0) is 91.1 Å². The second-order valence-corrected chi connectivity index (χ2v) is 11.2. The molecule has 6 nitrogen and oxygen atoms in total. The van der Waals surface area contributed by atoms with E-state index in [1.807, 2.05) is 48.5 Å². The Bertz CT molecular complexity index is 1450. The fraction of sp³-hybridized carbons (Fsp3) is 0.306. The number of benzene rings is 3. The van der Waals surface area contributed by atoms with Crippen LogP contribution in [0.1, 0.15) is 70.0 Å². The number of nitrogens with one attached hydrogen (secondary N) is 2. The minimum absolute atomic E-state index is 0.170. The molecule has 0 saturated carbocycles. The first-order valence-corrected chi connectivity index (χ1v) is 15.1. The van der Waals surface area contributed by atoms with E-state index in [1.54, 1.807) is 18.5 Å². The average Bonchev–Trinajstić information content (AvgIpc) is 3.04. The monoisotopic (exact) mass is 560 g/mol. The van der Waals surface area contributed by atoms with Gasteiger partial charge in [-0.2, -0.15) is 0 Å². The number of piperidine rings is 1. The maximum atomic E-state index is 13.5. The molecule has 0 bridgehead atoms. The molecule has 2 N–H and O–H groups in total. The molecule has 2 amide bonds. The van der Waals surface area contributed by atoms with Gasteiger partial charge in [0.2, 0.25) is 0 Å². The van der Waals surface area contributed by atoms with E-state index in [4.69, 9.17) is 0 Å². The quantitative estimate of drug-likeness (QED) is 0.206. The van der Waals surface area contributed by atoms with E-state index in [0.717, 1.165) is 62.9 Å². The molecule has 1 fully saturated rings. The summed E-state index contributed by atoms with van der Waals surface area (Å²) in [6, 6.07) is 27.9. The van der Waals surface area contributed by atoms with Gasteiger partial charge in [-0.15, -0.1) is 0 Å². The van der Waals surface area contributed by atoms with Crippen LogP contribution in [0.15, 0.2) is 97.3 Å². The van der Waals surface area contributed by atoms with Crippen molar-refractivity contribution in [3.05, 3.63) is 125 Å². The zero-order valence-corrected chi connectivity index (χ0v) is 24.4. The first kappa shape index (κ1) is 29.1. The summed E-state index contributed by atoms with van der Waals surface area (Å²) in [4.78, 5) is 33.1. The highest BCUT2D eigenvalue weighted by molar-refractivity contribution is 6.06. The molecule has 0 unspecified atom stereocenters. The lowest BCUT2D eigenvalue weighted by Gasteiger charge is -2.35. The van der Waals surface area contributed by atoms with E-state index in [9.17, 15) is 9.59 Å². The molecule has 3 aromatic carbocycles. The molecule has 2 heterocycles. The first-order valence-electron chi connectivity index (χ1n) is 15.1. The standard InChI is InChI=1S/C36H40N4O2/c1-2-3-8-27-12-14-31(15-13-27)35(41)39-32-16-17-34(33(24-32)36(42)38-26-30-11-7-20-37-25-30)40-21-18-29(19-22-40)23-28-9-5-4-6-10-28/h4-7,9-17,20,24-25,29H,2-3,8,18-19,21-23,26H2,1H3,(H,38,42)(H,39,41). The minimum atomic E-state index is -0.187. The zero-order chi connectivity index (χ0) is 29.1.